The van der Waals surface area contributed by atoms with E-state index in [-0.39, 0.29) is 0 Å². The number of hydrogen-bond acceptors (Lipinski definition) is 2. The SMILES string of the molecule is CCCSCC(NCC)c1c(Cl)cccc1Br. The molecule has 0 bridgehead atoms. The van der Waals surface area contributed by atoms with Crippen LogP contribution >= 0.6 is 39.3 Å². The fraction of sp³-hybridized carbons (Fsp3) is 0.538. The number of hydrogen-bond donors (Lipinski definition) is 1. The number of rotatable bonds is 7. The average Bonchev–Trinajstić information content (AvgIpc) is 2.29. The van der Waals surface area contributed by atoms with Crippen molar-refractivity contribution >= 4 is 39.3 Å². The fourth-order valence-electron chi connectivity index (χ4n) is 1.68. The lowest BCUT2D eigenvalue weighted by atomic mass is 10.1. The van der Waals surface area contributed by atoms with E-state index in [0.29, 0.717) is 6.04 Å². The van der Waals surface area contributed by atoms with E-state index < -0.39 is 0 Å². The summed E-state index contributed by atoms with van der Waals surface area (Å²) in [6, 6.07) is 6.30. The Balaban J connectivity index is 2.81. The maximum atomic E-state index is 6.29. The van der Waals surface area contributed by atoms with Gasteiger partial charge in [-0.15, -0.1) is 0 Å². The van der Waals surface area contributed by atoms with Crippen LogP contribution in [0, 0.1) is 0 Å². The summed E-state index contributed by atoms with van der Waals surface area (Å²) >= 11 is 11.9. The Hall–Kier alpha value is 0.300. The van der Waals surface area contributed by atoms with E-state index in [2.05, 4.69) is 41.2 Å². The highest BCUT2D eigenvalue weighted by Gasteiger charge is 2.16. The monoisotopic (exact) mass is 335 g/mol. The van der Waals surface area contributed by atoms with E-state index in [1.807, 2.05) is 23.9 Å². The molecule has 0 aliphatic rings. The van der Waals surface area contributed by atoms with E-state index in [4.69, 9.17) is 11.6 Å². The van der Waals surface area contributed by atoms with Crippen LogP contribution in [0.5, 0.6) is 0 Å². The molecule has 0 aliphatic carbocycles. The number of nitrogens with one attached hydrogen (secondary N) is 1. The van der Waals surface area contributed by atoms with Crippen LogP contribution in [-0.4, -0.2) is 18.1 Å². The summed E-state index contributed by atoms with van der Waals surface area (Å²) in [5, 5.41) is 4.34. The van der Waals surface area contributed by atoms with E-state index in [1.165, 1.54) is 17.7 Å². The molecule has 1 aromatic rings. The quantitative estimate of drug-likeness (QED) is 0.711. The van der Waals surface area contributed by atoms with Crippen LogP contribution in [0.3, 0.4) is 0 Å². The lowest BCUT2D eigenvalue weighted by Crippen LogP contribution is -2.23. The van der Waals surface area contributed by atoms with Gasteiger partial charge in [-0.3, -0.25) is 0 Å². The van der Waals surface area contributed by atoms with Crippen LogP contribution in [0.25, 0.3) is 0 Å². The van der Waals surface area contributed by atoms with Gasteiger partial charge in [0.1, 0.15) is 0 Å². The number of benzene rings is 1. The summed E-state index contributed by atoms with van der Waals surface area (Å²) in [6.07, 6.45) is 1.22. The Labute approximate surface area is 122 Å². The summed E-state index contributed by atoms with van der Waals surface area (Å²) in [7, 11) is 0. The second-order valence-electron chi connectivity index (χ2n) is 3.82. The third-order valence-corrected chi connectivity index (χ3v) is 4.72. The lowest BCUT2D eigenvalue weighted by Gasteiger charge is -2.20. The van der Waals surface area contributed by atoms with Gasteiger partial charge in [0, 0.05) is 26.9 Å². The molecule has 0 aliphatic heterocycles. The van der Waals surface area contributed by atoms with Crippen LogP contribution in [0.4, 0.5) is 0 Å². The molecular weight excluding hydrogens is 318 g/mol. The molecule has 0 aromatic heterocycles. The maximum Gasteiger partial charge on any atom is 0.0465 e. The molecule has 0 heterocycles. The molecule has 0 saturated heterocycles. The molecule has 1 unspecified atom stereocenters. The minimum absolute atomic E-state index is 0.319. The van der Waals surface area contributed by atoms with E-state index in [9.17, 15) is 0 Å². The van der Waals surface area contributed by atoms with Crippen molar-refractivity contribution in [3.05, 3.63) is 33.3 Å². The van der Waals surface area contributed by atoms with Gasteiger partial charge in [0.15, 0.2) is 0 Å². The van der Waals surface area contributed by atoms with Crippen LogP contribution in [0.2, 0.25) is 5.02 Å². The smallest absolute Gasteiger partial charge is 0.0465 e. The Kier molecular flexibility index (Phi) is 7.60. The van der Waals surface area contributed by atoms with E-state index in [1.54, 1.807) is 0 Å². The summed E-state index contributed by atoms with van der Waals surface area (Å²) in [4.78, 5) is 0. The fourth-order valence-corrected chi connectivity index (χ4v) is 3.72. The zero-order valence-electron chi connectivity index (χ0n) is 10.3. The van der Waals surface area contributed by atoms with Gasteiger partial charge < -0.3 is 5.32 Å². The van der Waals surface area contributed by atoms with Crippen molar-refractivity contribution in [1.82, 2.24) is 5.32 Å². The van der Waals surface area contributed by atoms with Gasteiger partial charge in [-0.1, -0.05) is 47.4 Å². The molecule has 96 valence electrons. The van der Waals surface area contributed by atoms with Crippen LogP contribution < -0.4 is 5.32 Å². The van der Waals surface area contributed by atoms with Gasteiger partial charge in [0.25, 0.3) is 0 Å². The van der Waals surface area contributed by atoms with Gasteiger partial charge in [0.05, 0.1) is 0 Å². The van der Waals surface area contributed by atoms with Gasteiger partial charge in [-0.25, -0.2) is 0 Å². The summed E-state index contributed by atoms with van der Waals surface area (Å²) in [5.74, 6) is 2.26. The Morgan fingerprint density at radius 2 is 2.18 bits per heavy atom. The molecule has 1 nitrogen and oxygen atoms in total. The summed E-state index contributed by atoms with van der Waals surface area (Å²) < 4.78 is 1.09. The predicted octanol–water partition coefficient (Wildman–Crippen LogP) is 4.90. The lowest BCUT2D eigenvalue weighted by molar-refractivity contribution is 0.604. The first kappa shape index (κ1) is 15.4. The highest BCUT2D eigenvalue weighted by Crippen LogP contribution is 2.32. The molecular formula is C13H19BrClNS. The second kappa shape index (κ2) is 8.41. The molecule has 0 saturated carbocycles. The molecule has 1 rings (SSSR count). The molecule has 0 amide bonds. The molecule has 1 N–H and O–H groups in total. The van der Waals surface area contributed by atoms with Gasteiger partial charge in [-0.2, -0.15) is 11.8 Å². The normalized spacial score (nSPS) is 12.7. The van der Waals surface area contributed by atoms with Gasteiger partial charge >= 0.3 is 0 Å². The maximum absolute atomic E-state index is 6.29. The van der Waals surface area contributed by atoms with E-state index >= 15 is 0 Å². The first-order valence-electron chi connectivity index (χ1n) is 5.95. The number of halogens is 2. The molecule has 0 spiro atoms. The predicted molar refractivity (Wildman–Crippen MR) is 83.2 cm³/mol. The zero-order chi connectivity index (χ0) is 12.7. The Morgan fingerprint density at radius 3 is 2.76 bits per heavy atom. The number of thioether (sulfide) groups is 1. The highest BCUT2D eigenvalue weighted by atomic mass is 79.9. The third kappa shape index (κ3) is 4.82. The van der Waals surface area contributed by atoms with Crippen molar-refractivity contribution in [2.75, 3.05) is 18.1 Å². The average molecular weight is 337 g/mol. The molecule has 0 fully saturated rings. The van der Waals surface area contributed by atoms with Crippen LogP contribution in [-0.2, 0) is 0 Å². The van der Waals surface area contributed by atoms with Crippen molar-refractivity contribution in [3.8, 4) is 0 Å². The van der Waals surface area contributed by atoms with Crippen molar-refractivity contribution in [1.29, 1.82) is 0 Å². The van der Waals surface area contributed by atoms with E-state index in [0.717, 1.165) is 21.8 Å². The Bertz CT molecular complexity index is 326. The largest absolute Gasteiger partial charge is 0.309 e. The van der Waals surface area contributed by atoms with Crippen molar-refractivity contribution in [2.24, 2.45) is 0 Å². The van der Waals surface area contributed by atoms with Crippen LogP contribution in [0.15, 0.2) is 22.7 Å². The first-order chi connectivity index (χ1) is 8.20. The first-order valence-corrected chi connectivity index (χ1v) is 8.28. The second-order valence-corrected chi connectivity index (χ2v) is 6.23. The van der Waals surface area contributed by atoms with Crippen LogP contribution in [0.1, 0.15) is 31.9 Å². The third-order valence-electron chi connectivity index (χ3n) is 2.43. The van der Waals surface area contributed by atoms with Gasteiger partial charge in [-0.05, 0) is 30.9 Å². The molecule has 0 radical (unpaired) electrons. The summed E-state index contributed by atoms with van der Waals surface area (Å²) in [5.41, 5.74) is 1.18. The van der Waals surface area contributed by atoms with Crippen molar-refractivity contribution in [2.45, 2.75) is 26.3 Å². The molecule has 1 aromatic carbocycles. The summed E-state index contributed by atoms with van der Waals surface area (Å²) in [6.45, 7) is 5.29. The molecule has 17 heavy (non-hydrogen) atoms. The minimum Gasteiger partial charge on any atom is -0.309 e. The van der Waals surface area contributed by atoms with Crippen molar-refractivity contribution < 1.29 is 0 Å². The topological polar surface area (TPSA) is 12.0 Å². The standard InChI is InChI=1S/C13H19BrClNS/c1-3-8-17-9-12(16-4-2)13-10(14)6-5-7-11(13)15/h5-7,12,16H,3-4,8-9H2,1-2H3. The minimum atomic E-state index is 0.319. The van der Waals surface area contributed by atoms with Gasteiger partial charge in [0.2, 0.25) is 0 Å². The molecule has 4 heteroatoms. The van der Waals surface area contributed by atoms with Crippen molar-refractivity contribution in [3.63, 3.8) is 0 Å². The zero-order valence-corrected chi connectivity index (χ0v) is 13.5. The molecule has 1 atom stereocenters. The Morgan fingerprint density at radius 1 is 1.41 bits per heavy atom. The highest BCUT2D eigenvalue weighted by molar-refractivity contribution is 9.10.